The van der Waals surface area contributed by atoms with Crippen molar-refractivity contribution in [3.05, 3.63) is 42.2 Å². The topological polar surface area (TPSA) is 64.5 Å². The van der Waals surface area contributed by atoms with Gasteiger partial charge >= 0.3 is 0 Å². The fraction of sp³-hybridized carbons (Fsp3) is 0.462. The van der Waals surface area contributed by atoms with Crippen LogP contribution in [0.2, 0.25) is 0 Å². The van der Waals surface area contributed by atoms with Gasteiger partial charge in [-0.1, -0.05) is 27.7 Å². The van der Waals surface area contributed by atoms with Crippen LogP contribution in [0.4, 0.5) is 0 Å². The lowest BCUT2D eigenvalue weighted by atomic mass is 10.4. The van der Waals surface area contributed by atoms with Crippen LogP contribution in [0.3, 0.4) is 0 Å². The summed E-state index contributed by atoms with van der Waals surface area (Å²) in [4.78, 5) is 3.81. The number of nitrogens with zero attached hydrogens (tertiary/aromatic N) is 5. The van der Waals surface area contributed by atoms with Crippen LogP contribution in [-0.4, -0.2) is 25.4 Å². The molecule has 0 aliphatic carbocycles. The Morgan fingerprint density at radius 2 is 1.39 bits per heavy atom. The average Bonchev–Trinajstić information content (AvgIpc) is 2.46. The summed E-state index contributed by atoms with van der Waals surface area (Å²) in [6.07, 6.45) is 6.44. The van der Waals surface area contributed by atoms with Gasteiger partial charge in [0.15, 0.2) is 0 Å². The standard InChI is InChI=1S/C5H6N2.C4H5N3.2C2H6/c1-5-2-3-6-7-4-5;1-4-2-6-7-3-5-4;2*1-2/h2-4H,1H3;2-3H,1H3;2*1-2H3. The minimum Gasteiger partial charge on any atom is -0.238 e. The fourth-order valence-corrected chi connectivity index (χ4v) is 0.654. The number of hydrogen-bond acceptors (Lipinski definition) is 5. The molecule has 0 aromatic carbocycles. The minimum absolute atomic E-state index is 0.898. The minimum atomic E-state index is 0.898. The van der Waals surface area contributed by atoms with Gasteiger partial charge in [0.2, 0.25) is 0 Å². The van der Waals surface area contributed by atoms with Crippen molar-refractivity contribution in [1.29, 1.82) is 0 Å². The maximum absolute atomic E-state index is 3.81. The Morgan fingerprint density at radius 1 is 0.778 bits per heavy atom. The van der Waals surface area contributed by atoms with Crippen LogP contribution in [0.15, 0.2) is 31.0 Å². The number of aryl methyl sites for hydroxylation is 2. The number of hydrogen-bond donors (Lipinski definition) is 0. The van der Waals surface area contributed by atoms with Gasteiger partial charge in [-0.05, 0) is 25.5 Å². The lowest BCUT2D eigenvalue weighted by Crippen LogP contribution is -1.83. The molecule has 5 heteroatoms. The molecule has 0 aliphatic heterocycles. The zero-order valence-corrected chi connectivity index (χ0v) is 12.1. The van der Waals surface area contributed by atoms with E-state index in [1.54, 1.807) is 18.6 Å². The molecular formula is C13H23N5. The van der Waals surface area contributed by atoms with E-state index in [9.17, 15) is 0 Å². The van der Waals surface area contributed by atoms with Gasteiger partial charge in [0.1, 0.15) is 6.33 Å². The molecule has 0 N–H and O–H groups in total. The Kier molecular flexibility index (Phi) is 15.5. The van der Waals surface area contributed by atoms with Gasteiger partial charge in [-0.25, -0.2) is 4.98 Å². The second-order valence-electron chi connectivity index (χ2n) is 2.67. The van der Waals surface area contributed by atoms with Gasteiger partial charge in [0.25, 0.3) is 0 Å². The molecule has 2 heterocycles. The quantitative estimate of drug-likeness (QED) is 0.718. The van der Waals surface area contributed by atoms with E-state index in [0.717, 1.165) is 11.3 Å². The highest BCUT2D eigenvalue weighted by atomic mass is 15.1. The van der Waals surface area contributed by atoms with Crippen molar-refractivity contribution in [2.75, 3.05) is 0 Å². The molecule has 0 fully saturated rings. The molecule has 2 aromatic rings. The summed E-state index contributed by atoms with van der Waals surface area (Å²) in [5.74, 6) is 0. The molecular weight excluding hydrogens is 226 g/mol. The molecule has 0 saturated carbocycles. The monoisotopic (exact) mass is 249 g/mol. The third-order valence-corrected chi connectivity index (χ3v) is 1.36. The van der Waals surface area contributed by atoms with Crippen molar-refractivity contribution in [2.45, 2.75) is 41.5 Å². The molecule has 0 aliphatic rings. The van der Waals surface area contributed by atoms with Crippen LogP contribution in [0, 0.1) is 13.8 Å². The van der Waals surface area contributed by atoms with Crippen molar-refractivity contribution in [1.82, 2.24) is 25.4 Å². The third-order valence-electron chi connectivity index (χ3n) is 1.36. The van der Waals surface area contributed by atoms with Gasteiger partial charge in [-0.15, -0.1) is 5.10 Å². The van der Waals surface area contributed by atoms with Gasteiger partial charge in [0, 0.05) is 6.20 Å². The van der Waals surface area contributed by atoms with Crippen LogP contribution < -0.4 is 0 Å². The Hall–Kier alpha value is -1.91. The van der Waals surface area contributed by atoms with Crippen molar-refractivity contribution >= 4 is 0 Å². The van der Waals surface area contributed by atoms with E-state index in [1.165, 1.54) is 6.33 Å². The van der Waals surface area contributed by atoms with E-state index in [0.29, 0.717) is 0 Å². The average molecular weight is 249 g/mol. The van der Waals surface area contributed by atoms with Crippen LogP contribution in [0.25, 0.3) is 0 Å². The van der Waals surface area contributed by atoms with Gasteiger partial charge in [-0.2, -0.15) is 15.3 Å². The van der Waals surface area contributed by atoms with Crippen LogP contribution >= 0.6 is 0 Å². The first-order chi connectivity index (χ1) is 8.79. The van der Waals surface area contributed by atoms with Gasteiger partial charge < -0.3 is 0 Å². The summed E-state index contributed by atoms with van der Waals surface area (Å²) in [5.41, 5.74) is 2.05. The highest BCUT2D eigenvalue weighted by Gasteiger charge is 1.76. The molecule has 0 atom stereocenters. The second kappa shape index (κ2) is 15.1. The first kappa shape index (κ1) is 18.5. The number of rotatable bonds is 0. The third kappa shape index (κ3) is 12.2. The summed E-state index contributed by atoms with van der Waals surface area (Å²) in [6.45, 7) is 11.9. The van der Waals surface area contributed by atoms with Crippen LogP contribution in [0.5, 0.6) is 0 Å². The maximum Gasteiger partial charge on any atom is 0.138 e. The smallest absolute Gasteiger partial charge is 0.138 e. The molecule has 0 amide bonds. The Balaban J connectivity index is 0. The first-order valence-electron chi connectivity index (χ1n) is 6.11. The lowest BCUT2D eigenvalue weighted by Gasteiger charge is -1.80. The molecule has 100 valence electrons. The van der Waals surface area contributed by atoms with E-state index < -0.39 is 0 Å². The van der Waals surface area contributed by atoms with Crippen molar-refractivity contribution in [3.8, 4) is 0 Å². The predicted molar refractivity (Wildman–Crippen MR) is 74.0 cm³/mol. The van der Waals surface area contributed by atoms with E-state index in [2.05, 4.69) is 25.4 Å². The largest absolute Gasteiger partial charge is 0.238 e. The molecule has 0 saturated heterocycles. The van der Waals surface area contributed by atoms with Gasteiger partial charge in [0.05, 0.1) is 18.1 Å². The zero-order valence-electron chi connectivity index (χ0n) is 12.1. The fourth-order valence-electron chi connectivity index (χ4n) is 0.654. The van der Waals surface area contributed by atoms with Crippen LogP contribution in [-0.2, 0) is 0 Å². The number of aromatic nitrogens is 5. The van der Waals surface area contributed by atoms with E-state index in [1.807, 2.05) is 47.6 Å². The molecule has 0 spiro atoms. The van der Waals surface area contributed by atoms with E-state index >= 15 is 0 Å². The molecule has 18 heavy (non-hydrogen) atoms. The van der Waals surface area contributed by atoms with E-state index in [4.69, 9.17) is 0 Å². The van der Waals surface area contributed by atoms with Crippen molar-refractivity contribution in [2.24, 2.45) is 0 Å². The summed E-state index contributed by atoms with van der Waals surface area (Å²) in [7, 11) is 0. The summed E-state index contributed by atoms with van der Waals surface area (Å²) in [5, 5.41) is 14.3. The second-order valence-corrected chi connectivity index (χ2v) is 2.67. The Labute approximate surface area is 110 Å². The first-order valence-corrected chi connectivity index (χ1v) is 6.11. The zero-order chi connectivity index (χ0) is 14.2. The molecule has 0 unspecified atom stereocenters. The summed E-state index contributed by atoms with van der Waals surface area (Å²) in [6, 6.07) is 1.91. The van der Waals surface area contributed by atoms with Crippen LogP contribution in [0.1, 0.15) is 39.0 Å². The summed E-state index contributed by atoms with van der Waals surface area (Å²) >= 11 is 0. The Bertz CT molecular complexity index is 313. The van der Waals surface area contributed by atoms with Crippen molar-refractivity contribution < 1.29 is 0 Å². The Morgan fingerprint density at radius 3 is 1.61 bits per heavy atom. The highest BCUT2D eigenvalue weighted by Crippen LogP contribution is 1.85. The molecule has 5 nitrogen and oxygen atoms in total. The normalized spacial score (nSPS) is 7.44. The maximum atomic E-state index is 3.81. The predicted octanol–water partition coefficient (Wildman–Crippen LogP) is 3.02. The van der Waals surface area contributed by atoms with Crippen molar-refractivity contribution in [3.63, 3.8) is 0 Å². The SMILES string of the molecule is CC.CC.Cc1ccnnc1.Cc1cnncn1. The highest BCUT2D eigenvalue weighted by molar-refractivity contribution is 5.00. The van der Waals surface area contributed by atoms with Gasteiger partial charge in [-0.3, -0.25) is 0 Å². The lowest BCUT2D eigenvalue weighted by molar-refractivity contribution is 0.939. The summed E-state index contributed by atoms with van der Waals surface area (Å²) < 4.78 is 0. The molecule has 0 radical (unpaired) electrons. The van der Waals surface area contributed by atoms with E-state index in [-0.39, 0.29) is 0 Å². The molecule has 2 rings (SSSR count). The molecule has 2 aromatic heterocycles. The molecule has 0 bridgehead atoms.